The quantitative estimate of drug-likeness (QED) is 0.0252. The Morgan fingerprint density at radius 1 is 0.451 bits per heavy atom. The maximum Gasteiger partial charge on any atom is 0.306 e. The lowest BCUT2D eigenvalue weighted by molar-refractivity contribution is -0.172. The van der Waals surface area contributed by atoms with Gasteiger partial charge in [0.25, 0.3) is 0 Å². The van der Waals surface area contributed by atoms with Crippen LogP contribution in [-0.2, 0) is 47.5 Å². The van der Waals surface area contributed by atoms with Gasteiger partial charge in [0.15, 0.2) is 0 Å². The third-order valence-electron chi connectivity index (χ3n) is 19.3. The van der Waals surface area contributed by atoms with E-state index in [4.69, 9.17) is 37.9 Å². The molecule has 6 fully saturated rings. The molecule has 0 radical (unpaired) electrons. The van der Waals surface area contributed by atoms with Crippen molar-refractivity contribution in [1.82, 2.24) is 0 Å². The topological polar surface area (TPSA) is 121 Å². The van der Waals surface area contributed by atoms with Gasteiger partial charge < -0.3 is 37.9 Å². The second-order valence-electron chi connectivity index (χ2n) is 26.9. The Balaban J connectivity index is 0.000000301. The Kier molecular flexibility index (Phi) is 32.7. The zero-order valence-corrected chi connectivity index (χ0v) is 54.4. The van der Waals surface area contributed by atoms with Gasteiger partial charge in [0.2, 0.25) is 0 Å². The normalized spacial score (nSPS) is 30.6. The highest BCUT2D eigenvalue weighted by Gasteiger charge is 2.73. The number of hydrogen-bond donors (Lipinski definition) is 0. The van der Waals surface area contributed by atoms with Crippen molar-refractivity contribution in [3.63, 3.8) is 0 Å². The van der Waals surface area contributed by atoms with Crippen molar-refractivity contribution in [3.05, 3.63) is 47.6 Å². The predicted octanol–water partition coefficient (Wildman–Crippen LogP) is 18.8. The standard InChI is InChI=1S/2C36H62O5/c2*1-6-7-8-9-10-11-12-13-14-15-16-17-18-19-20-21-22-23-32(37)40-30-26-27-36(28-39-36)34(33(30)38-5)35(4)31(41-35)25-24-29(2)3/h18-19,24,30-31,33-34H,6-17,20-23,25-28H2,1-5H3;10-11,24,30-31,33-34H,6-9,12-23,25-28H2,1-5H3/b19-18+;11-10+/t2*30-,31-,33-,34-,35+,36+/m11/s1. The minimum Gasteiger partial charge on any atom is -0.460 e. The lowest BCUT2D eigenvalue weighted by Crippen LogP contribution is -2.55. The molecule has 6 rings (SSSR count). The van der Waals surface area contributed by atoms with Gasteiger partial charge in [0.05, 0.1) is 37.3 Å². The van der Waals surface area contributed by atoms with Crippen molar-refractivity contribution in [2.75, 3.05) is 27.4 Å². The Labute approximate surface area is 502 Å². The lowest BCUT2D eigenvalue weighted by atomic mass is 9.68. The van der Waals surface area contributed by atoms with Gasteiger partial charge in [-0.15, -0.1) is 0 Å². The Morgan fingerprint density at radius 2 is 0.744 bits per heavy atom. The van der Waals surface area contributed by atoms with E-state index in [1.807, 2.05) is 0 Å². The highest BCUT2D eigenvalue weighted by molar-refractivity contribution is 5.70. The van der Waals surface area contributed by atoms with Gasteiger partial charge in [0.1, 0.15) is 46.8 Å². The number of unbranched alkanes of at least 4 members (excludes halogenated alkanes) is 26. The highest BCUT2D eigenvalue weighted by Crippen LogP contribution is 2.61. The number of hydrogen-bond acceptors (Lipinski definition) is 10. The van der Waals surface area contributed by atoms with E-state index in [1.54, 1.807) is 14.2 Å². The summed E-state index contributed by atoms with van der Waals surface area (Å²) >= 11 is 0. The average molecular weight is 1150 g/mol. The van der Waals surface area contributed by atoms with Gasteiger partial charge in [0, 0.05) is 27.1 Å². The van der Waals surface area contributed by atoms with E-state index in [-0.39, 0.29) is 82.8 Å². The third-order valence-corrected chi connectivity index (χ3v) is 19.3. The molecule has 0 aromatic carbocycles. The molecule has 10 heteroatoms. The molecular formula is C72H124O10. The molecule has 4 aliphatic heterocycles. The fourth-order valence-electron chi connectivity index (χ4n) is 14.0. The molecule has 2 spiro atoms. The summed E-state index contributed by atoms with van der Waals surface area (Å²) in [6.07, 6.45) is 58.1. The van der Waals surface area contributed by atoms with Crippen molar-refractivity contribution in [2.45, 2.75) is 358 Å². The molecule has 4 saturated heterocycles. The zero-order chi connectivity index (χ0) is 59.1. The summed E-state index contributed by atoms with van der Waals surface area (Å²) in [6, 6.07) is 0. The van der Waals surface area contributed by atoms with Crippen LogP contribution in [0.5, 0.6) is 0 Å². The van der Waals surface area contributed by atoms with Crippen LogP contribution in [0.3, 0.4) is 0 Å². The second kappa shape index (κ2) is 38.0. The first-order valence-corrected chi connectivity index (χ1v) is 34.4. The third kappa shape index (κ3) is 24.1. The summed E-state index contributed by atoms with van der Waals surface area (Å²) in [5, 5.41) is 0. The average Bonchev–Trinajstić information content (AvgIpc) is 3.34. The molecule has 2 aliphatic carbocycles. The maximum absolute atomic E-state index is 12.8. The Bertz CT molecular complexity index is 1890. The number of esters is 2. The molecule has 0 N–H and O–H groups in total. The maximum atomic E-state index is 12.8. The van der Waals surface area contributed by atoms with E-state index in [0.29, 0.717) is 12.8 Å². The number of allylic oxidation sites excluding steroid dienone is 6. The summed E-state index contributed by atoms with van der Waals surface area (Å²) in [6.45, 7) is 18.9. The van der Waals surface area contributed by atoms with Crippen molar-refractivity contribution in [1.29, 1.82) is 0 Å². The molecule has 0 aromatic heterocycles. The molecule has 82 heavy (non-hydrogen) atoms. The van der Waals surface area contributed by atoms with Crippen LogP contribution in [0.15, 0.2) is 47.6 Å². The predicted molar refractivity (Wildman–Crippen MR) is 336 cm³/mol. The summed E-state index contributed by atoms with van der Waals surface area (Å²) < 4.78 is 48.7. The number of epoxide rings is 4. The Morgan fingerprint density at radius 3 is 1.07 bits per heavy atom. The van der Waals surface area contributed by atoms with Crippen LogP contribution < -0.4 is 0 Å². The SMILES string of the molecule is CCCCC/C=C/CCCCCCCCCCCCC(=O)O[C@@H]1CC[C@]2(CO2)[C@@H]([C@@]2(C)O[C@@H]2CC=C(C)C)[C@@H]1OC.CCCCCCCCCCCCC/C=C/CCCCC(=O)O[C@@H]1CC[C@]2(CO2)[C@@H]([C@@]2(C)O[C@@H]2CC=C(C)C)[C@@H]1OC. The van der Waals surface area contributed by atoms with Gasteiger partial charge in [-0.2, -0.15) is 0 Å². The van der Waals surface area contributed by atoms with E-state index in [1.165, 1.54) is 172 Å². The van der Waals surface area contributed by atoms with Crippen molar-refractivity contribution < 1.29 is 47.5 Å². The molecule has 0 aromatic rings. The van der Waals surface area contributed by atoms with Crippen molar-refractivity contribution in [3.8, 4) is 0 Å². The number of carbonyl (C=O) groups excluding carboxylic acids is 2. The van der Waals surface area contributed by atoms with Gasteiger partial charge in [-0.05, 0) is 144 Å². The van der Waals surface area contributed by atoms with Gasteiger partial charge in [-0.3, -0.25) is 9.59 Å². The summed E-state index contributed by atoms with van der Waals surface area (Å²) in [5.74, 6) is -0.0227. The first kappa shape index (κ1) is 70.4. The largest absolute Gasteiger partial charge is 0.460 e. The van der Waals surface area contributed by atoms with E-state index < -0.39 is 0 Å². The van der Waals surface area contributed by atoms with E-state index in [0.717, 1.165) is 83.8 Å². The molecule has 0 unspecified atom stereocenters. The van der Waals surface area contributed by atoms with Crippen LogP contribution in [-0.4, -0.2) is 98.4 Å². The van der Waals surface area contributed by atoms with Gasteiger partial charge in [-0.1, -0.05) is 190 Å². The smallest absolute Gasteiger partial charge is 0.306 e. The Hall–Kier alpha value is -2.34. The molecule has 472 valence electrons. The van der Waals surface area contributed by atoms with Crippen molar-refractivity contribution in [2.24, 2.45) is 11.8 Å². The van der Waals surface area contributed by atoms with E-state index in [2.05, 4.69) is 91.8 Å². The first-order valence-electron chi connectivity index (χ1n) is 34.4. The number of ether oxygens (including phenoxy) is 8. The van der Waals surface area contributed by atoms with E-state index in [9.17, 15) is 9.59 Å². The fourth-order valence-corrected chi connectivity index (χ4v) is 14.0. The molecular weight excluding hydrogens is 1020 g/mol. The second-order valence-corrected chi connectivity index (χ2v) is 26.9. The number of methoxy groups -OCH3 is 2. The molecule has 4 heterocycles. The van der Waals surface area contributed by atoms with Crippen LogP contribution in [0.25, 0.3) is 0 Å². The monoisotopic (exact) mass is 1150 g/mol. The summed E-state index contributed by atoms with van der Waals surface area (Å²) in [7, 11) is 3.48. The molecule has 10 nitrogen and oxygen atoms in total. The van der Waals surface area contributed by atoms with Gasteiger partial charge >= 0.3 is 11.9 Å². The van der Waals surface area contributed by atoms with Crippen LogP contribution in [0.1, 0.15) is 299 Å². The van der Waals surface area contributed by atoms with Crippen LogP contribution in [0.2, 0.25) is 0 Å². The summed E-state index contributed by atoms with van der Waals surface area (Å²) in [4.78, 5) is 25.5. The van der Waals surface area contributed by atoms with Gasteiger partial charge in [-0.25, -0.2) is 0 Å². The fraction of sp³-hybridized carbons (Fsp3) is 0.861. The summed E-state index contributed by atoms with van der Waals surface area (Å²) in [5.41, 5.74) is 1.66. The molecule has 12 atom stereocenters. The highest BCUT2D eigenvalue weighted by atomic mass is 16.6. The minimum atomic E-state index is -0.298. The molecule has 0 amide bonds. The van der Waals surface area contributed by atoms with Crippen molar-refractivity contribution >= 4 is 11.9 Å². The molecule has 2 saturated carbocycles. The number of rotatable bonds is 44. The van der Waals surface area contributed by atoms with Crippen LogP contribution >= 0.6 is 0 Å². The van der Waals surface area contributed by atoms with E-state index >= 15 is 0 Å². The first-order chi connectivity index (χ1) is 39.7. The molecule has 0 bridgehead atoms. The van der Waals surface area contributed by atoms with Crippen LogP contribution in [0.4, 0.5) is 0 Å². The molecule has 6 aliphatic rings. The number of carbonyl (C=O) groups is 2. The minimum absolute atomic E-state index is 0.0765. The lowest BCUT2D eigenvalue weighted by Gasteiger charge is -2.42. The van der Waals surface area contributed by atoms with Crippen LogP contribution in [0, 0.1) is 11.8 Å². The zero-order valence-electron chi connectivity index (χ0n) is 54.4.